The third kappa shape index (κ3) is 8.99. The number of ether oxygens (including phenoxy) is 3. The molecule has 0 fully saturated rings. The first-order valence-corrected chi connectivity index (χ1v) is 13.4. The Labute approximate surface area is 247 Å². The van der Waals surface area contributed by atoms with Gasteiger partial charge >= 0.3 is 0 Å². The van der Waals surface area contributed by atoms with Gasteiger partial charge in [0.2, 0.25) is 0 Å². The van der Waals surface area contributed by atoms with Gasteiger partial charge in [0, 0.05) is 11.3 Å². The molecular weight excluding hydrogens is 565 g/mol. The fourth-order valence-electron chi connectivity index (χ4n) is 3.61. The van der Waals surface area contributed by atoms with Gasteiger partial charge in [-0.3, -0.25) is 9.59 Å². The summed E-state index contributed by atoms with van der Waals surface area (Å²) in [4.78, 5) is 24.9. The molecule has 0 aliphatic rings. The molecule has 0 aliphatic carbocycles. The minimum atomic E-state index is -0.414. The number of hydrogen-bond acceptors (Lipinski definition) is 6. The monoisotopic (exact) mass is 591 g/mol. The lowest BCUT2D eigenvalue weighted by Gasteiger charge is -2.13. The molecule has 4 aromatic rings. The Kier molecular flexibility index (Phi) is 10.6. The second-order valence-electron chi connectivity index (χ2n) is 8.61. The van der Waals surface area contributed by atoms with Crippen molar-refractivity contribution in [3.05, 3.63) is 118 Å². The molecule has 10 heteroatoms. The Morgan fingerprint density at radius 3 is 2.44 bits per heavy atom. The second-order valence-corrected chi connectivity index (χ2v) is 9.42. The largest absolute Gasteiger partial charge is 0.490 e. The molecule has 2 N–H and O–H groups in total. The van der Waals surface area contributed by atoms with Crippen LogP contribution in [0, 0.1) is 0 Å². The first-order chi connectivity index (χ1) is 19.9. The highest BCUT2D eigenvalue weighted by molar-refractivity contribution is 6.42. The van der Waals surface area contributed by atoms with E-state index in [4.69, 9.17) is 37.4 Å². The van der Waals surface area contributed by atoms with E-state index in [9.17, 15) is 9.59 Å². The number of carbonyl (C=O) groups is 2. The highest BCUT2D eigenvalue weighted by atomic mass is 35.5. The molecule has 0 aliphatic heterocycles. The van der Waals surface area contributed by atoms with E-state index in [0.717, 1.165) is 5.56 Å². The Bertz CT molecular complexity index is 1530. The highest BCUT2D eigenvalue weighted by Crippen LogP contribution is 2.29. The summed E-state index contributed by atoms with van der Waals surface area (Å²) in [5.41, 5.74) is 5.06. The quantitative estimate of drug-likeness (QED) is 0.140. The molecule has 0 aromatic heterocycles. The van der Waals surface area contributed by atoms with Gasteiger partial charge in [0.05, 0.1) is 22.9 Å². The molecular formula is C31H27Cl2N3O5. The minimum absolute atomic E-state index is 0.217. The lowest BCUT2D eigenvalue weighted by atomic mass is 10.2. The number of hydrazone groups is 1. The predicted molar refractivity (Wildman–Crippen MR) is 160 cm³/mol. The van der Waals surface area contributed by atoms with E-state index in [1.54, 1.807) is 60.7 Å². The van der Waals surface area contributed by atoms with Gasteiger partial charge < -0.3 is 19.5 Å². The number of rotatable bonds is 12. The fourth-order valence-corrected chi connectivity index (χ4v) is 3.90. The average Bonchev–Trinajstić information content (AvgIpc) is 2.98. The van der Waals surface area contributed by atoms with E-state index < -0.39 is 5.91 Å². The zero-order chi connectivity index (χ0) is 29.0. The van der Waals surface area contributed by atoms with Crippen LogP contribution in [0.5, 0.6) is 17.2 Å². The van der Waals surface area contributed by atoms with Gasteiger partial charge in [-0.15, -0.1) is 0 Å². The summed E-state index contributed by atoms with van der Waals surface area (Å²) in [6.45, 7) is 2.44. The Morgan fingerprint density at radius 1 is 0.829 bits per heavy atom. The smallest absolute Gasteiger partial charge is 0.271 e. The van der Waals surface area contributed by atoms with Crippen molar-refractivity contribution in [1.82, 2.24) is 5.43 Å². The van der Waals surface area contributed by atoms with E-state index in [1.807, 2.05) is 37.3 Å². The van der Waals surface area contributed by atoms with Crippen molar-refractivity contribution < 1.29 is 23.8 Å². The average molecular weight is 592 g/mol. The fraction of sp³-hybridized carbons (Fsp3) is 0.129. The van der Waals surface area contributed by atoms with Gasteiger partial charge in [0.1, 0.15) is 12.4 Å². The number of anilines is 1. The summed E-state index contributed by atoms with van der Waals surface area (Å²) in [6, 6.07) is 26.4. The Hall–Kier alpha value is -4.53. The standard InChI is InChI=1S/C31H27Cl2N3O5/c1-2-39-29-16-23(11-14-28(29)41-19-21-7-4-3-5-8-21)31(38)36-34-18-22-9-6-10-25(15-22)40-20-30(37)35-24-12-13-26(32)27(33)17-24/h3-18H,2,19-20H2,1H3,(H,35,37)(H,36,38)/b34-18+. The maximum absolute atomic E-state index is 12.7. The van der Waals surface area contributed by atoms with Crippen LogP contribution in [-0.2, 0) is 11.4 Å². The van der Waals surface area contributed by atoms with E-state index in [0.29, 0.717) is 57.3 Å². The first-order valence-electron chi connectivity index (χ1n) is 12.7. The van der Waals surface area contributed by atoms with Crippen molar-refractivity contribution in [2.24, 2.45) is 5.10 Å². The summed E-state index contributed by atoms with van der Waals surface area (Å²) >= 11 is 11.9. The Morgan fingerprint density at radius 2 is 1.66 bits per heavy atom. The third-order valence-corrected chi connectivity index (χ3v) is 6.29. The lowest BCUT2D eigenvalue weighted by molar-refractivity contribution is -0.118. The summed E-state index contributed by atoms with van der Waals surface area (Å²) in [7, 11) is 0. The normalized spacial score (nSPS) is 10.7. The molecule has 0 radical (unpaired) electrons. The van der Waals surface area contributed by atoms with Crippen molar-refractivity contribution >= 4 is 46.9 Å². The first kappa shape index (κ1) is 29.5. The molecule has 4 rings (SSSR count). The van der Waals surface area contributed by atoms with Crippen molar-refractivity contribution in [3.8, 4) is 17.2 Å². The van der Waals surface area contributed by atoms with E-state index in [1.165, 1.54) is 6.21 Å². The molecule has 210 valence electrons. The summed E-state index contributed by atoms with van der Waals surface area (Å²) in [5.74, 6) is 0.684. The molecule has 0 atom stereocenters. The number of halogens is 2. The maximum atomic E-state index is 12.7. The van der Waals surface area contributed by atoms with E-state index >= 15 is 0 Å². The molecule has 2 amide bonds. The van der Waals surface area contributed by atoms with Gasteiger partial charge in [0.25, 0.3) is 11.8 Å². The van der Waals surface area contributed by atoms with Crippen LogP contribution >= 0.6 is 23.2 Å². The Balaban J connectivity index is 1.30. The SMILES string of the molecule is CCOc1cc(C(=O)N/N=C/c2cccc(OCC(=O)Nc3ccc(Cl)c(Cl)c3)c2)ccc1OCc1ccccc1. The van der Waals surface area contributed by atoms with Crippen molar-refractivity contribution in [2.45, 2.75) is 13.5 Å². The van der Waals surface area contributed by atoms with Gasteiger partial charge in [0.15, 0.2) is 18.1 Å². The number of benzene rings is 4. The highest BCUT2D eigenvalue weighted by Gasteiger charge is 2.12. The van der Waals surface area contributed by atoms with Crippen LogP contribution < -0.4 is 25.0 Å². The maximum Gasteiger partial charge on any atom is 0.271 e. The van der Waals surface area contributed by atoms with Gasteiger partial charge in [-0.2, -0.15) is 5.10 Å². The molecule has 0 bridgehead atoms. The minimum Gasteiger partial charge on any atom is -0.490 e. The molecule has 0 heterocycles. The topological polar surface area (TPSA) is 98.3 Å². The molecule has 0 saturated carbocycles. The van der Waals surface area contributed by atoms with E-state index in [2.05, 4.69) is 15.8 Å². The predicted octanol–water partition coefficient (Wildman–Crippen LogP) is 6.75. The van der Waals surface area contributed by atoms with Crippen molar-refractivity contribution in [2.75, 3.05) is 18.5 Å². The molecule has 0 saturated heterocycles. The van der Waals surface area contributed by atoms with Crippen LogP contribution in [-0.4, -0.2) is 31.2 Å². The van der Waals surface area contributed by atoms with Crippen LogP contribution in [0.15, 0.2) is 96.1 Å². The van der Waals surface area contributed by atoms with Crippen molar-refractivity contribution in [1.29, 1.82) is 0 Å². The zero-order valence-electron chi connectivity index (χ0n) is 22.1. The zero-order valence-corrected chi connectivity index (χ0v) is 23.6. The number of hydrogen-bond donors (Lipinski definition) is 2. The number of nitrogens with zero attached hydrogens (tertiary/aromatic N) is 1. The molecule has 41 heavy (non-hydrogen) atoms. The molecule has 8 nitrogen and oxygen atoms in total. The van der Waals surface area contributed by atoms with Crippen LogP contribution in [0.25, 0.3) is 0 Å². The second kappa shape index (κ2) is 14.7. The summed E-state index contributed by atoms with van der Waals surface area (Å²) in [5, 5.41) is 7.47. The van der Waals surface area contributed by atoms with Crippen LogP contribution in [0.3, 0.4) is 0 Å². The molecule has 0 spiro atoms. The third-order valence-electron chi connectivity index (χ3n) is 5.55. The van der Waals surface area contributed by atoms with Crippen LogP contribution in [0.1, 0.15) is 28.4 Å². The van der Waals surface area contributed by atoms with Gasteiger partial charge in [-0.1, -0.05) is 65.7 Å². The molecule has 0 unspecified atom stereocenters. The van der Waals surface area contributed by atoms with Crippen LogP contribution in [0.4, 0.5) is 5.69 Å². The van der Waals surface area contributed by atoms with Gasteiger partial charge in [-0.05, 0) is 66.6 Å². The van der Waals surface area contributed by atoms with Gasteiger partial charge in [-0.25, -0.2) is 5.43 Å². The lowest BCUT2D eigenvalue weighted by Crippen LogP contribution is -2.20. The van der Waals surface area contributed by atoms with Crippen LogP contribution in [0.2, 0.25) is 10.0 Å². The summed E-state index contributed by atoms with van der Waals surface area (Å²) < 4.78 is 17.2. The van der Waals surface area contributed by atoms with Crippen molar-refractivity contribution in [3.63, 3.8) is 0 Å². The molecule has 4 aromatic carbocycles. The number of nitrogens with one attached hydrogen (secondary N) is 2. The number of amides is 2. The number of carbonyl (C=O) groups excluding carboxylic acids is 2. The summed E-state index contributed by atoms with van der Waals surface area (Å²) in [6.07, 6.45) is 1.47. The van der Waals surface area contributed by atoms with E-state index in [-0.39, 0.29) is 12.5 Å².